The number of thiazole rings is 1. The second-order valence-corrected chi connectivity index (χ2v) is 6.62. The van der Waals surface area contributed by atoms with Crippen molar-refractivity contribution in [3.05, 3.63) is 52.5 Å². The standard InChI is InChI=1S/C15H11ClN8OS/c16-12-14(24-19-5-6-20-24)23-13(17)11(22-12)15(25)18-7-10-21-8-3-1-2-4-9(8)26-10/h1-6H,7H2,(H2,17,23)(H,18,25). The molecule has 26 heavy (non-hydrogen) atoms. The van der Waals surface area contributed by atoms with Gasteiger partial charge >= 0.3 is 0 Å². The van der Waals surface area contributed by atoms with Crippen molar-refractivity contribution in [2.75, 3.05) is 5.73 Å². The average Bonchev–Trinajstić information content (AvgIpc) is 3.30. The Bertz CT molecular complexity index is 1060. The number of nitrogens with zero attached hydrogens (tertiary/aromatic N) is 6. The fourth-order valence-electron chi connectivity index (χ4n) is 2.27. The Morgan fingerprint density at radius 2 is 1.96 bits per heavy atom. The first-order valence-electron chi connectivity index (χ1n) is 7.44. The molecule has 0 atom stereocenters. The minimum Gasteiger partial charge on any atom is -0.382 e. The molecule has 4 rings (SSSR count). The summed E-state index contributed by atoms with van der Waals surface area (Å²) in [7, 11) is 0. The van der Waals surface area contributed by atoms with E-state index < -0.39 is 5.91 Å². The van der Waals surface area contributed by atoms with Crippen molar-refractivity contribution in [3.63, 3.8) is 0 Å². The summed E-state index contributed by atoms with van der Waals surface area (Å²) in [5.74, 6) is -0.406. The van der Waals surface area contributed by atoms with Crippen molar-refractivity contribution in [1.82, 2.24) is 35.3 Å². The van der Waals surface area contributed by atoms with Gasteiger partial charge < -0.3 is 11.1 Å². The maximum atomic E-state index is 12.4. The number of para-hydroxylation sites is 1. The lowest BCUT2D eigenvalue weighted by Crippen LogP contribution is -2.26. The van der Waals surface area contributed by atoms with E-state index in [0.29, 0.717) is 0 Å². The summed E-state index contributed by atoms with van der Waals surface area (Å²) in [5, 5.41) is 11.3. The maximum absolute atomic E-state index is 12.4. The number of hydrogen-bond donors (Lipinski definition) is 2. The topological polar surface area (TPSA) is 125 Å². The minimum absolute atomic E-state index is 0.0273. The largest absolute Gasteiger partial charge is 0.382 e. The Morgan fingerprint density at radius 1 is 1.19 bits per heavy atom. The van der Waals surface area contributed by atoms with Crippen LogP contribution in [0.4, 0.5) is 5.82 Å². The molecule has 130 valence electrons. The number of halogens is 1. The normalized spacial score (nSPS) is 11.0. The lowest BCUT2D eigenvalue weighted by molar-refractivity contribution is 0.0946. The van der Waals surface area contributed by atoms with Crippen LogP contribution in [0.2, 0.25) is 5.15 Å². The van der Waals surface area contributed by atoms with E-state index in [1.165, 1.54) is 28.5 Å². The van der Waals surface area contributed by atoms with Crippen LogP contribution in [0.3, 0.4) is 0 Å². The zero-order valence-electron chi connectivity index (χ0n) is 13.1. The third-order valence-corrected chi connectivity index (χ3v) is 4.71. The van der Waals surface area contributed by atoms with Gasteiger partial charge in [0.1, 0.15) is 5.01 Å². The van der Waals surface area contributed by atoms with Gasteiger partial charge in [-0.05, 0) is 12.1 Å². The van der Waals surface area contributed by atoms with Gasteiger partial charge in [-0.3, -0.25) is 4.79 Å². The molecule has 0 fully saturated rings. The molecule has 3 aromatic heterocycles. The van der Waals surface area contributed by atoms with Gasteiger partial charge in [0, 0.05) is 0 Å². The predicted octanol–water partition coefficient (Wildman–Crippen LogP) is 1.83. The fraction of sp³-hybridized carbons (Fsp3) is 0.0667. The number of fused-ring (bicyclic) bond motifs is 1. The molecule has 4 aromatic rings. The molecule has 1 aromatic carbocycles. The number of carbonyl (C=O) groups is 1. The quantitative estimate of drug-likeness (QED) is 0.548. The molecule has 0 bridgehead atoms. The Balaban J connectivity index is 1.53. The van der Waals surface area contributed by atoms with E-state index in [0.717, 1.165) is 15.2 Å². The number of amides is 1. The molecule has 11 heteroatoms. The number of rotatable bonds is 4. The maximum Gasteiger partial charge on any atom is 0.274 e. The van der Waals surface area contributed by atoms with Crippen LogP contribution in [0.15, 0.2) is 36.7 Å². The molecule has 0 saturated heterocycles. The van der Waals surface area contributed by atoms with Crippen molar-refractivity contribution in [1.29, 1.82) is 0 Å². The van der Waals surface area contributed by atoms with E-state index in [1.54, 1.807) is 0 Å². The summed E-state index contributed by atoms with van der Waals surface area (Å²) >= 11 is 7.59. The Labute approximate surface area is 155 Å². The molecular weight excluding hydrogens is 376 g/mol. The minimum atomic E-state index is -0.490. The molecule has 0 spiro atoms. The Hall–Kier alpha value is -3.11. The molecule has 0 aliphatic carbocycles. The van der Waals surface area contributed by atoms with Crippen LogP contribution in [0, 0.1) is 0 Å². The van der Waals surface area contributed by atoms with Crippen LogP contribution in [0.25, 0.3) is 16.0 Å². The number of anilines is 1. The highest BCUT2D eigenvalue weighted by atomic mass is 35.5. The van der Waals surface area contributed by atoms with Gasteiger partial charge in [-0.25, -0.2) is 15.0 Å². The molecule has 0 aliphatic rings. The van der Waals surface area contributed by atoms with Gasteiger partial charge in [-0.1, -0.05) is 23.7 Å². The van der Waals surface area contributed by atoms with E-state index in [9.17, 15) is 4.79 Å². The van der Waals surface area contributed by atoms with E-state index in [1.807, 2.05) is 24.3 Å². The van der Waals surface area contributed by atoms with E-state index in [2.05, 4.69) is 30.5 Å². The third kappa shape index (κ3) is 3.07. The summed E-state index contributed by atoms with van der Waals surface area (Å²) in [6.07, 6.45) is 2.93. The number of nitrogens with two attached hydrogens (primary N) is 1. The number of aromatic nitrogens is 6. The average molecular weight is 387 g/mol. The highest BCUT2D eigenvalue weighted by Gasteiger charge is 2.19. The number of nitrogens with one attached hydrogen (secondary N) is 1. The lowest BCUT2D eigenvalue weighted by atomic mass is 10.3. The van der Waals surface area contributed by atoms with Crippen molar-refractivity contribution < 1.29 is 4.79 Å². The summed E-state index contributed by atoms with van der Waals surface area (Å²) in [6.45, 7) is 0.249. The smallest absolute Gasteiger partial charge is 0.274 e. The van der Waals surface area contributed by atoms with Crippen LogP contribution in [0.1, 0.15) is 15.5 Å². The van der Waals surface area contributed by atoms with Crippen LogP contribution in [0.5, 0.6) is 0 Å². The first kappa shape index (κ1) is 16.4. The van der Waals surface area contributed by atoms with Gasteiger partial charge in [-0.2, -0.15) is 10.2 Å². The molecule has 9 nitrogen and oxygen atoms in total. The van der Waals surface area contributed by atoms with E-state index in [-0.39, 0.29) is 29.0 Å². The number of nitrogen functional groups attached to an aromatic ring is 1. The highest BCUT2D eigenvalue weighted by molar-refractivity contribution is 7.18. The molecule has 3 heterocycles. The second-order valence-electron chi connectivity index (χ2n) is 5.15. The second kappa shape index (κ2) is 6.65. The van der Waals surface area contributed by atoms with Crippen molar-refractivity contribution in [2.24, 2.45) is 0 Å². The van der Waals surface area contributed by atoms with Crippen molar-refractivity contribution in [2.45, 2.75) is 6.54 Å². The third-order valence-electron chi connectivity index (χ3n) is 3.43. The van der Waals surface area contributed by atoms with Gasteiger partial charge in [0.15, 0.2) is 16.7 Å². The molecule has 0 radical (unpaired) electrons. The predicted molar refractivity (Wildman–Crippen MR) is 97.2 cm³/mol. The number of benzene rings is 1. The van der Waals surface area contributed by atoms with Crippen molar-refractivity contribution in [3.8, 4) is 5.82 Å². The van der Waals surface area contributed by atoms with Gasteiger partial charge in [0.25, 0.3) is 5.91 Å². The number of carbonyl (C=O) groups excluding carboxylic acids is 1. The van der Waals surface area contributed by atoms with E-state index in [4.69, 9.17) is 17.3 Å². The molecule has 1 amide bonds. The Kier molecular flexibility index (Phi) is 4.19. The fourth-order valence-corrected chi connectivity index (χ4v) is 3.38. The van der Waals surface area contributed by atoms with Gasteiger partial charge in [-0.15, -0.1) is 16.1 Å². The van der Waals surface area contributed by atoms with Crippen molar-refractivity contribution >= 4 is 44.9 Å². The van der Waals surface area contributed by atoms with Crippen LogP contribution in [-0.4, -0.2) is 35.9 Å². The number of hydrogen-bond acceptors (Lipinski definition) is 8. The van der Waals surface area contributed by atoms with Crippen LogP contribution in [-0.2, 0) is 6.54 Å². The molecule has 0 unspecified atom stereocenters. The SMILES string of the molecule is Nc1nc(-n2nccn2)c(Cl)nc1C(=O)NCc1nc2ccccc2s1. The summed E-state index contributed by atoms with van der Waals surface area (Å²) < 4.78 is 1.05. The summed E-state index contributed by atoms with van der Waals surface area (Å²) in [4.78, 5) is 26.1. The molecular formula is C15H11ClN8OS. The first-order valence-corrected chi connectivity index (χ1v) is 8.63. The Morgan fingerprint density at radius 3 is 2.73 bits per heavy atom. The van der Waals surface area contributed by atoms with Crippen LogP contribution < -0.4 is 11.1 Å². The summed E-state index contributed by atoms with van der Waals surface area (Å²) in [5.41, 5.74) is 6.68. The highest BCUT2D eigenvalue weighted by Crippen LogP contribution is 2.22. The first-order chi connectivity index (χ1) is 12.6. The van der Waals surface area contributed by atoms with Gasteiger partial charge in [0.05, 0.1) is 29.2 Å². The zero-order chi connectivity index (χ0) is 18.1. The van der Waals surface area contributed by atoms with E-state index >= 15 is 0 Å². The molecule has 0 saturated carbocycles. The van der Waals surface area contributed by atoms with Gasteiger partial charge in [0.2, 0.25) is 5.82 Å². The molecule has 0 aliphatic heterocycles. The molecule has 3 N–H and O–H groups in total. The van der Waals surface area contributed by atoms with Crippen LogP contribution >= 0.6 is 22.9 Å². The lowest BCUT2D eigenvalue weighted by Gasteiger charge is -2.08. The summed E-state index contributed by atoms with van der Waals surface area (Å²) in [6, 6.07) is 7.75. The zero-order valence-corrected chi connectivity index (χ0v) is 14.7. The monoisotopic (exact) mass is 386 g/mol.